The third-order valence-electron chi connectivity index (χ3n) is 4.83. The number of rotatable bonds is 3. The minimum atomic E-state index is -0.379. The van der Waals surface area contributed by atoms with Gasteiger partial charge in [-0.2, -0.15) is 0 Å². The quantitative estimate of drug-likeness (QED) is 0.799. The second kappa shape index (κ2) is 5.18. The van der Waals surface area contributed by atoms with Crippen molar-refractivity contribution < 1.29 is 14.0 Å². The average Bonchev–Trinajstić information content (AvgIpc) is 2.55. The highest BCUT2D eigenvalue weighted by molar-refractivity contribution is 6.62. The van der Waals surface area contributed by atoms with Crippen LogP contribution in [0.15, 0.2) is 18.2 Å². The molecule has 0 atom stereocenters. The predicted octanol–water partition coefficient (Wildman–Crippen LogP) is 3.57. The van der Waals surface area contributed by atoms with Gasteiger partial charge < -0.3 is 14.0 Å². The molecular formula is C16H22BClO3. The van der Waals surface area contributed by atoms with Gasteiger partial charge in [0.25, 0.3) is 0 Å². The highest BCUT2D eigenvalue weighted by Crippen LogP contribution is 2.37. The molecule has 0 N–H and O–H groups in total. The molecule has 1 aliphatic carbocycles. The molecule has 0 spiro atoms. The molecule has 0 aromatic heterocycles. The number of benzene rings is 1. The Morgan fingerprint density at radius 2 is 1.76 bits per heavy atom. The predicted molar refractivity (Wildman–Crippen MR) is 85.4 cm³/mol. The van der Waals surface area contributed by atoms with E-state index in [4.69, 9.17) is 25.6 Å². The van der Waals surface area contributed by atoms with E-state index in [1.54, 1.807) is 0 Å². The first-order valence-electron chi connectivity index (χ1n) is 7.60. The van der Waals surface area contributed by atoms with Crippen LogP contribution in [-0.4, -0.2) is 24.4 Å². The van der Waals surface area contributed by atoms with Crippen molar-refractivity contribution in [2.75, 3.05) is 0 Å². The number of halogens is 1. The van der Waals surface area contributed by atoms with Gasteiger partial charge in [-0.15, -0.1) is 0 Å². The first kappa shape index (κ1) is 15.2. The Hall–Kier alpha value is -0.705. The van der Waals surface area contributed by atoms with Crippen LogP contribution in [0.2, 0.25) is 5.02 Å². The van der Waals surface area contributed by atoms with Crippen LogP contribution >= 0.6 is 11.6 Å². The highest BCUT2D eigenvalue weighted by Gasteiger charge is 2.51. The van der Waals surface area contributed by atoms with Gasteiger partial charge in [0, 0.05) is 0 Å². The zero-order valence-corrected chi connectivity index (χ0v) is 13.9. The second-order valence-corrected chi connectivity index (χ2v) is 7.36. The van der Waals surface area contributed by atoms with Crippen LogP contribution in [0.4, 0.5) is 0 Å². The molecule has 1 heterocycles. The maximum absolute atomic E-state index is 6.23. The van der Waals surface area contributed by atoms with Crippen LogP contribution < -0.4 is 10.2 Å². The fraction of sp³-hybridized carbons (Fsp3) is 0.625. The van der Waals surface area contributed by atoms with Crippen molar-refractivity contribution in [2.45, 2.75) is 64.3 Å². The van der Waals surface area contributed by atoms with Crippen LogP contribution in [0, 0.1) is 0 Å². The van der Waals surface area contributed by atoms with E-state index in [0.717, 1.165) is 24.1 Å². The molecule has 1 saturated heterocycles. The summed E-state index contributed by atoms with van der Waals surface area (Å²) >= 11 is 6.23. The SMILES string of the molecule is CC1(C)OB(c2ccc(Cl)c(OC3CCC3)c2)OC1(C)C. The van der Waals surface area contributed by atoms with Gasteiger partial charge in [0.15, 0.2) is 0 Å². The normalized spacial score (nSPS) is 24.0. The van der Waals surface area contributed by atoms with E-state index in [-0.39, 0.29) is 18.3 Å². The number of hydrogen-bond donors (Lipinski definition) is 0. The van der Waals surface area contributed by atoms with Crippen molar-refractivity contribution in [3.63, 3.8) is 0 Å². The van der Waals surface area contributed by atoms with E-state index in [0.29, 0.717) is 11.1 Å². The molecule has 0 amide bonds. The summed E-state index contributed by atoms with van der Waals surface area (Å²) in [6.45, 7) is 8.20. The van der Waals surface area contributed by atoms with Gasteiger partial charge in [-0.3, -0.25) is 0 Å². The molecule has 1 aromatic carbocycles. The second-order valence-electron chi connectivity index (χ2n) is 6.95. The van der Waals surface area contributed by atoms with Crippen LogP contribution in [0.5, 0.6) is 5.75 Å². The smallest absolute Gasteiger partial charge is 0.489 e. The Morgan fingerprint density at radius 1 is 1.14 bits per heavy atom. The molecule has 21 heavy (non-hydrogen) atoms. The van der Waals surface area contributed by atoms with Gasteiger partial charge in [-0.1, -0.05) is 17.7 Å². The Kier molecular flexibility index (Phi) is 3.75. The van der Waals surface area contributed by atoms with E-state index in [1.807, 2.05) is 18.2 Å². The monoisotopic (exact) mass is 308 g/mol. The fourth-order valence-corrected chi connectivity index (χ4v) is 2.57. The summed E-state index contributed by atoms with van der Waals surface area (Å²) in [5.74, 6) is 0.730. The summed E-state index contributed by atoms with van der Waals surface area (Å²) < 4.78 is 18.1. The molecule has 0 bridgehead atoms. The standard InChI is InChI=1S/C16H22BClO3/c1-15(2)16(3,4)21-17(20-15)11-8-9-13(18)14(10-11)19-12-6-5-7-12/h8-10,12H,5-7H2,1-4H3. The lowest BCUT2D eigenvalue weighted by Gasteiger charge is -2.32. The summed E-state index contributed by atoms with van der Waals surface area (Å²) in [4.78, 5) is 0. The molecule has 1 aromatic rings. The Morgan fingerprint density at radius 3 is 2.29 bits per heavy atom. The van der Waals surface area contributed by atoms with Crippen molar-refractivity contribution in [3.8, 4) is 5.75 Å². The highest BCUT2D eigenvalue weighted by atomic mass is 35.5. The lowest BCUT2D eigenvalue weighted by Crippen LogP contribution is -2.41. The van der Waals surface area contributed by atoms with Crippen LogP contribution in [0.1, 0.15) is 47.0 Å². The van der Waals surface area contributed by atoms with Crippen molar-refractivity contribution in [3.05, 3.63) is 23.2 Å². The summed E-state index contributed by atoms with van der Waals surface area (Å²) in [6.07, 6.45) is 3.75. The largest absolute Gasteiger partial charge is 0.494 e. The van der Waals surface area contributed by atoms with Crippen molar-refractivity contribution in [2.24, 2.45) is 0 Å². The number of hydrogen-bond acceptors (Lipinski definition) is 3. The molecule has 2 fully saturated rings. The van der Waals surface area contributed by atoms with Crippen molar-refractivity contribution in [1.82, 2.24) is 0 Å². The molecule has 3 rings (SSSR count). The van der Waals surface area contributed by atoms with Crippen molar-refractivity contribution in [1.29, 1.82) is 0 Å². The molecule has 114 valence electrons. The number of ether oxygens (including phenoxy) is 1. The lowest BCUT2D eigenvalue weighted by molar-refractivity contribution is 0.00578. The first-order valence-corrected chi connectivity index (χ1v) is 7.98. The zero-order chi connectivity index (χ0) is 15.3. The molecule has 1 aliphatic heterocycles. The minimum absolute atomic E-state index is 0.302. The Labute approximate surface area is 132 Å². The maximum atomic E-state index is 6.23. The van der Waals surface area contributed by atoms with E-state index in [1.165, 1.54) is 6.42 Å². The van der Waals surface area contributed by atoms with E-state index < -0.39 is 0 Å². The topological polar surface area (TPSA) is 27.7 Å². The van der Waals surface area contributed by atoms with Crippen LogP contribution in [-0.2, 0) is 9.31 Å². The summed E-state index contributed by atoms with van der Waals surface area (Å²) in [5.41, 5.74) is 0.269. The first-order chi connectivity index (χ1) is 9.78. The van der Waals surface area contributed by atoms with E-state index in [9.17, 15) is 0 Å². The van der Waals surface area contributed by atoms with Gasteiger partial charge in [-0.25, -0.2) is 0 Å². The fourth-order valence-electron chi connectivity index (χ4n) is 2.40. The third-order valence-corrected chi connectivity index (χ3v) is 5.14. The van der Waals surface area contributed by atoms with Gasteiger partial charge in [-0.05, 0) is 64.6 Å². The van der Waals surface area contributed by atoms with Crippen LogP contribution in [0.25, 0.3) is 0 Å². The molecule has 0 unspecified atom stereocenters. The van der Waals surface area contributed by atoms with Gasteiger partial charge in [0.2, 0.25) is 0 Å². The summed E-state index contributed by atoms with van der Waals surface area (Å²) in [7, 11) is -0.379. The lowest BCUT2D eigenvalue weighted by atomic mass is 9.79. The average molecular weight is 309 g/mol. The third kappa shape index (κ3) is 2.81. The minimum Gasteiger partial charge on any atom is -0.489 e. The van der Waals surface area contributed by atoms with Gasteiger partial charge >= 0.3 is 7.12 Å². The van der Waals surface area contributed by atoms with Crippen LogP contribution in [0.3, 0.4) is 0 Å². The van der Waals surface area contributed by atoms with E-state index >= 15 is 0 Å². The molecule has 1 saturated carbocycles. The summed E-state index contributed by atoms with van der Waals surface area (Å²) in [6, 6.07) is 5.75. The van der Waals surface area contributed by atoms with Gasteiger partial charge in [0.1, 0.15) is 5.75 Å². The maximum Gasteiger partial charge on any atom is 0.494 e. The van der Waals surface area contributed by atoms with Gasteiger partial charge in [0.05, 0.1) is 22.3 Å². The molecule has 0 radical (unpaired) electrons. The van der Waals surface area contributed by atoms with Crippen molar-refractivity contribution >= 4 is 24.2 Å². The molecule has 5 heteroatoms. The molecular weight excluding hydrogens is 286 g/mol. The Balaban J connectivity index is 1.81. The zero-order valence-electron chi connectivity index (χ0n) is 13.1. The van der Waals surface area contributed by atoms with E-state index in [2.05, 4.69) is 27.7 Å². The summed E-state index contributed by atoms with van der Waals surface area (Å²) in [5, 5.41) is 0.641. The Bertz CT molecular complexity index is 524. The molecule has 2 aliphatic rings. The molecule has 3 nitrogen and oxygen atoms in total.